The number of hydrogen-bond donors (Lipinski definition) is 0. The Kier molecular flexibility index (Phi) is 2.90. The molecule has 1 saturated carbocycles. The maximum Gasteiger partial charge on any atom is 0.166 e. The van der Waals surface area contributed by atoms with Crippen LogP contribution in [0.25, 0.3) is 10.8 Å². The smallest absolute Gasteiger partial charge is 0.166 e. The summed E-state index contributed by atoms with van der Waals surface area (Å²) in [7, 11) is 0. The first kappa shape index (κ1) is 13.3. The molecule has 1 aliphatic rings. The number of carbonyl (C=O) groups excluding carboxylic acids is 1. The number of ketones is 1. The molecule has 1 heteroatoms. The minimum Gasteiger partial charge on any atom is -0.294 e. The average molecular weight is 286 g/mol. The third-order valence-corrected chi connectivity index (χ3v) is 5.02. The lowest BCUT2D eigenvalue weighted by Gasteiger charge is -2.11. The van der Waals surface area contributed by atoms with Crippen LogP contribution in [0, 0.1) is 5.92 Å². The number of hydrogen-bond acceptors (Lipinski definition) is 1. The lowest BCUT2D eigenvalue weighted by Crippen LogP contribution is -2.12. The Morgan fingerprint density at radius 2 is 1.59 bits per heavy atom. The summed E-state index contributed by atoms with van der Waals surface area (Å²) in [6, 6.07) is 24.6. The minimum atomic E-state index is 0.00396. The molecule has 1 nitrogen and oxygen atoms in total. The van der Waals surface area contributed by atoms with Crippen molar-refractivity contribution in [1.82, 2.24) is 0 Å². The Labute approximate surface area is 130 Å². The van der Waals surface area contributed by atoms with Gasteiger partial charge in [-0.2, -0.15) is 0 Å². The van der Waals surface area contributed by atoms with Crippen molar-refractivity contribution in [2.24, 2.45) is 5.92 Å². The molecule has 0 unspecified atom stereocenters. The van der Waals surface area contributed by atoms with Gasteiger partial charge in [-0.05, 0) is 28.8 Å². The molecule has 1 fully saturated rings. The summed E-state index contributed by atoms with van der Waals surface area (Å²) < 4.78 is 0. The van der Waals surface area contributed by atoms with E-state index in [1.807, 2.05) is 36.4 Å². The molecule has 0 radical (unpaired) electrons. The zero-order valence-corrected chi connectivity index (χ0v) is 12.6. The molecule has 0 spiro atoms. The molecule has 22 heavy (non-hydrogen) atoms. The van der Waals surface area contributed by atoms with Crippen molar-refractivity contribution in [2.45, 2.75) is 18.8 Å². The van der Waals surface area contributed by atoms with Crippen molar-refractivity contribution >= 4 is 16.6 Å². The molecular weight excluding hydrogens is 268 g/mol. The Hall–Kier alpha value is -2.41. The third-order valence-electron chi connectivity index (χ3n) is 5.02. The van der Waals surface area contributed by atoms with Crippen LogP contribution < -0.4 is 0 Å². The van der Waals surface area contributed by atoms with E-state index in [9.17, 15) is 4.79 Å². The molecule has 0 aromatic heterocycles. The first-order valence-corrected chi connectivity index (χ1v) is 7.77. The summed E-state index contributed by atoms with van der Waals surface area (Å²) in [6.07, 6.45) is 0.947. The molecule has 0 saturated heterocycles. The van der Waals surface area contributed by atoms with E-state index in [2.05, 4.69) is 43.3 Å². The molecule has 3 aromatic rings. The fourth-order valence-electron chi connectivity index (χ4n) is 3.43. The molecule has 0 bridgehead atoms. The maximum absolute atomic E-state index is 12.8. The van der Waals surface area contributed by atoms with Gasteiger partial charge in [-0.1, -0.05) is 73.7 Å². The van der Waals surface area contributed by atoms with Crippen molar-refractivity contribution in [3.05, 3.63) is 83.9 Å². The van der Waals surface area contributed by atoms with E-state index >= 15 is 0 Å². The van der Waals surface area contributed by atoms with Crippen LogP contribution in [0.15, 0.2) is 72.8 Å². The van der Waals surface area contributed by atoms with Crippen molar-refractivity contribution in [3.8, 4) is 0 Å². The zero-order valence-electron chi connectivity index (χ0n) is 12.6. The highest BCUT2D eigenvalue weighted by Gasteiger charge is 2.55. The van der Waals surface area contributed by atoms with E-state index < -0.39 is 0 Å². The summed E-state index contributed by atoms with van der Waals surface area (Å²) in [6.45, 7) is 2.20. The van der Waals surface area contributed by atoms with Crippen molar-refractivity contribution in [2.75, 3.05) is 0 Å². The zero-order chi connectivity index (χ0) is 15.2. The molecule has 0 aliphatic heterocycles. The summed E-state index contributed by atoms with van der Waals surface area (Å²) in [5.74, 6) is 0.383. The van der Waals surface area contributed by atoms with Gasteiger partial charge in [0.05, 0.1) is 0 Å². The lowest BCUT2D eigenvalue weighted by atomic mass is 9.92. The number of carbonyl (C=O) groups is 1. The first-order valence-electron chi connectivity index (χ1n) is 7.77. The van der Waals surface area contributed by atoms with Gasteiger partial charge in [0.2, 0.25) is 0 Å². The molecule has 0 heterocycles. The van der Waals surface area contributed by atoms with Gasteiger partial charge >= 0.3 is 0 Å². The van der Waals surface area contributed by atoms with Crippen LogP contribution in [0.1, 0.15) is 29.3 Å². The van der Waals surface area contributed by atoms with Crippen LogP contribution in [0.4, 0.5) is 0 Å². The highest BCUT2D eigenvalue weighted by molar-refractivity contribution is 6.03. The van der Waals surface area contributed by atoms with Crippen LogP contribution in [-0.2, 0) is 5.41 Å². The number of rotatable bonds is 3. The van der Waals surface area contributed by atoms with E-state index in [4.69, 9.17) is 0 Å². The number of benzene rings is 3. The van der Waals surface area contributed by atoms with Crippen molar-refractivity contribution < 1.29 is 4.79 Å². The van der Waals surface area contributed by atoms with Crippen LogP contribution in [0.5, 0.6) is 0 Å². The molecule has 1 aliphatic carbocycles. The quantitative estimate of drug-likeness (QED) is 0.619. The van der Waals surface area contributed by atoms with Gasteiger partial charge in [-0.3, -0.25) is 4.79 Å². The maximum atomic E-state index is 12.8. The highest BCUT2D eigenvalue weighted by Crippen LogP contribution is 2.55. The van der Waals surface area contributed by atoms with Crippen LogP contribution >= 0.6 is 0 Å². The monoisotopic (exact) mass is 286 g/mol. The fourth-order valence-corrected chi connectivity index (χ4v) is 3.43. The lowest BCUT2D eigenvalue weighted by molar-refractivity contribution is 0.0959. The molecule has 0 N–H and O–H groups in total. The van der Waals surface area contributed by atoms with E-state index in [0.717, 1.165) is 17.4 Å². The second-order valence-electron chi connectivity index (χ2n) is 6.47. The van der Waals surface area contributed by atoms with Gasteiger partial charge in [0.1, 0.15) is 0 Å². The van der Waals surface area contributed by atoms with Crippen LogP contribution in [0.2, 0.25) is 0 Å². The Morgan fingerprint density at radius 1 is 0.909 bits per heavy atom. The molecule has 4 rings (SSSR count). The second kappa shape index (κ2) is 4.81. The summed E-state index contributed by atoms with van der Waals surface area (Å²) in [5.41, 5.74) is 2.11. The predicted molar refractivity (Wildman–Crippen MR) is 90.2 cm³/mol. The summed E-state index contributed by atoms with van der Waals surface area (Å²) in [5, 5.41) is 2.32. The van der Waals surface area contributed by atoms with Gasteiger partial charge in [-0.15, -0.1) is 0 Å². The molecule has 2 atom stereocenters. The SMILES string of the molecule is C[C@@]1(c2ccccc2)C[C@H]1C(=O)c1ccc2ccccc2c1. The molecule has 3 aromatic carbocycles. The highest BCUT2D eigenvalue weighted by atomic mass is 16.1. The minimum absolute atomic E-state index is 0.00396. The Balaban J connectivity index is 1.65. The fraction of sp³-hybridized carbons (Fsp3) is 0.190. The summed E-state index contributed by atoms with van der Waals surface area (Å²) >= 11 is 0. The molecule has 108 valence electrons. The second-order valence-corrected chi connectivity index (χ2v) is 6.47. The Bertz CT molecular complexity index is 850. The molecular formula is C21H18O. The Morgan fingerprint density at radius 3 is 2.36 bits per heavy atom. The normalized spacial score (nSPS) is 23.4. The van der Waals surface area contributed by atoms with Crippen LogP contribution in [0.3, 0.4) is 0 Å². The number of Topliss-reactive ketones (excluding diaryl/α,β-unsaturated/α-hetero) is 1. The van der Waals surface area contributed by atoms with E-state index in [1.165, 1.54) is 10.9 Å². The van der Waals surface area contributed by atoms with Gasteiger partial charge < -0.3 is 0 Å². The van der Waals surface area contributed by atoms with E-state index in [1.54, 1.807) is 0 Å². The van der Waals surface area contributed by atoms with Gasteiger partial charge in [-0.25, -0.2) is 0 Å². The first-order chi connectivity index (χ1) is 10.7. The van der Waals surface area contributed by atoms with Crippen LogP contribution in [-0.4, -0.2) is 5.78 Å². The van der Waals surface area contributed by atoms with Crippen molar-refractivity contribution in [3.63, 3.8) is 0 Å². The standard InChI is InChI=1S/C21H18O/c1-21(18-9-3-2-4-10-18)14-19(21)20(22)17-12-11-15-7-5-6-8-16(15)13-17/h2-13,19H,14H2,1H3/t19-,21-/m0/s1. The van der Waals surface area contributed by atoms with Gasteiger partial charge in [0.15, 0.2) is 5.78 Å². The van der Waals surface area contributed by atoms with E-state index in [-0.39, 0.29) is 17.1 Å². The largest absolute Gasteiger partial charge is 0.294 e. The molecule has 0 amide bonds. The van der Waals surface area contributed by atoms with Gasteiger partial charge in [0.25, 0.3) is 0 Å². The topological polar surface area (TPSA) is 17.1 Å². The average Bonchev–Trinajstić information content (AvgIpc) is 3.28. The van der Waals surface area contributed by atoms with Gasteiger partial charge in [0, 0.05) is 16.9 Å². The predicted octanol–water partition coefficient (Wildman–Crippen LogP) is 5.00. The van der Waals surface area contributed by atoms with Crippen molar-refractivity contribution in [1.29, 1.82) is 0 Å². The third kappa shape index (κ3) is 2.05. The van der Waals surface area contributed by atoms with E-state index in [0.29, 0.717) is 0 Å². The number of fused-ring (bicyclic) bond motifs is 1. The summed E-state index contributed by atoms with van der Waals surface area (Å²) in [4.78, 5) is 12.8.